The van der Waals surface area contributed by atoms with Gasteiger partial charge in [-0.1, -0.05) is 30.3 Å². The van der Waals surface area contributed by atoms with E-state index in [2.05, 4.69) is 20.5 Å². The van der Waals surface area contributed by atoms with Gasteiger partial charge in [-0.2, -0.15) is 9.94 Å². The van der Waals surface area contributed by atoms with Crippen LogP contribution in [0.5, 0.6) is 0 Å². The molecule has 4 rings (SSSR count). The fourth-order valence-corrected chi connectivity index (χ4v) is 3.76. The van der Waals surface area contributed by atoms with Crippen LogP contribution in [0.1, 0.15) is 22.4 Å². The number of hydrogen-bond donors (Lipinski definition) is 0. The van der Waals surface area contributed by atoms with Crippen LogP contribution in [-0.2, 0) is 14.3 Å². The van der Waals surface area contributed by atoms with Gasteiger partial charge in [0.15, 0.2) is 29.8 Å². The van der Waals surface area contributed by atoms with Crippen LogP contribution >= 0.6 is 11.3 Å². The van der Waals surface area contributed by atoms with Gasteiger partial charge in [0.2, 0.25) is 0 Å². The van der Waals surface area contributed by atoms with Crippen LogP contribution in [0.25, 0.3) is 23.2 Å². The Hall–Kier alpha value is -4.43. The monoisotopic (exact) mass is 460 g/mol. The summed E-state index contributed by atoms with van der Waals surface area (Å²) < 4.78 is 11.8. The first-order chi connectivity index (χ1) is 16.1. The molecule has 0 amide bonds. The van der Waals surface area contributed by atoms with E-state index in [1.165, 1.54) is 28.4 Å². The van der Waals surface area contributed by atoms with Gasteiger partial charge in [0, 0.05) is 22.7 Å². The maximum absolute atomic E-state index is 13.0. The van der Waals surface area contributed by atoms with Crippen molar-refractivity contribution in [2.75, 3.05) is 6.61 Å². The Bertz CT molecular complexity index is 1330. The molecule has 0 aliphatic heterocycles. The Morgan fingerprint density at radius 2 is 2.09 bits per heavy atom. The standard InChI is InChI=1S/C22H16N6O4S/c1-14-13-33-21(24-14)17(11-23)19(29)12-32-22(30)18(10-16-8-5-9-31-16)28-20(25-26-27-28)15-6-3-2-4-7-15/h2-10,13,17H,12H2,1H3/b18-10-/t17-/m0/s1. The SMILES string of the molecule is Cc1csc([C@@H](C#N)C(=O)COC(=O)/C(=C/c2ccco2)n2nnnc2-c2ccccc2)n1. The molecule has 0 saturated heterocycles. The third kappa shape index (κ3) is 4.91. The molecule has 1 aromatic carbocycles. The highest BCUT2D eigenvalue weighted by Crippen LogP contribution is 2.23. The van der Waals surface area contributed by atoms with Crippen molar-refractivity contribution in [3.05, 3.63) is 70.6 Å². The van der Waals surface area contributed by atoms with Gasteiger partial charge >= 0.3 is 5.97 Å². The van der Waals surface area contributed by atoms with Crippen molar-refractivity contribution in [3.63, 3.8) is 0 Å². The van der Waals surface area contributed by atoms with E-state index in [0.29, 0.717) is 27.8 Å². The van der Waals surface area contributed by atoms with Gasteiger partial charge in [-0.25, -0.2) is 9.78 Å². The summed E-state index contributed by atoms with van der Waals surface area (Å²) in [7, 11) is 0. The summed E-state index contributed by atoms with van der Waals surface area (Å²) >= 11 is 1.20. The Morgan fingerprint density at radius 3 is 2.76 bits per heavy atom. The molecule has 164 valence electrons. The first-order valence-corrected chi connectivity index (χ1v) is 10.6. The van der Waals surface area contributed by atoms with E-state index >= 15 is 0 Å². The second-order valence-electron chi connectivity index (χ2n) is 6.76. The van der Waals surface area contributed by atoms with Gasteiger partial charge in [-0.05, 0) is 29.5 Å². The number of nitriles is 1. The number of ketones is 1. The summed E-state index contributed by atoms with van der Waals surface area (Å²) in [6, 6.07) is 14.2. The summed E-state index contributed by atoms with van der Waals surface area (Å²) in [5, 5.41) is 23.1. The van der Waals surface area contributed by atoms with Crippen molar-refractivity contribution in [1.82, 2.24) is 25.2 Å². The minimum absolute atomic E-state index is 0.0693. The van der Waals surface area contributed by atoms with Gasteiger partial charge < -0.3 is 9.15 Å². The molecular weight excluding hydrogens is 444 g/mol. The predicted octanol–water partition coefficient (Wildman–Crippen LogP) is 3.12. The van der Waals surface area contributed by atoms with Gasteiger partial charge in [0.05, 0.1) is 12.3 Å². The third-order valence-electron chi connectivity index (χ3n) is 4.44. The normalized spacial score (nSPS) is 12.2. The maximum Gasteiger partial charge on any atom is 0.357 e. The average Bonchev–Trinajstić information content (AvgIpc) is 3.59. The fraction of sp³-hybridized carbons (Fsp3) is 0.136. The summed E-state index contributed by atoms with van der Waals surface area (Å²) in [4.78, 5) is 29.8. The molecule has 0 saturated carbocycles. The summed E-state index contributed by atoms with van der Waals surface area (Å²) in [6.45, 7) is 1.15. The molecule has 0 fully saturated rings. The molecule has 0 radical (unpaired) electrons. The second kappa shape index (κ2) is 9.80. The van der Waals surface area contributed by atoms with E-state index in [0.717, 1.165) is 0 Å². The number of aryl methyl sites for hydroxylation is 1. The number of thiazole rings is 1. The van der Waals surface area contributed by atoms with Crippen LogP contribution in [0.15, 0.2) is 58.5 Å². The van der Waals surface area contributed by atoms with Crippen LogP contribution in [0.4, 0.5) is 0 Å². The van der Waals surface area contributed by atoms with Crippen LogP contribution in [0, 0.1) is 18.3 Å². The van der Waals surface area contributed by atoms with Crippen LogP contribution in [0.2, 0.25) is 0 Å². The van der Waals surface area contributed by atoms with E-state index in [9.17, 15) is 14.9 Å². The molecule has 0 aliphatic rings. The van der Waals surface area contributed by atoms with Crippen molar-refractivity contribution in [1.29, 1.82) is 5.26 Å². The quantitative estimate of drug-likeness (QED) is 0.287. The number of rotatable bonds is 8. The lowest BCUT2D eigenvalue weighted by atomic mass is 10.1. The smallest absolute Gasteiger partial charge is 0.357 e. The van der Waals surface area contributed by atoms with Crippen molar-refractivity contribution < 1.29 is 18.7 Å². The number of aromatic nitrogens is 5. The number of nitrogens with zero attached hydrogens (tertiary/aromatic N) is 6. The van der Waals surface area contributed by atoms with Gasteiger partial charge in [0.1, 0.15) is 10.8 Å². The summed E-state index contributed by atoms with van der Waals surface area (Å²) in [5.41, 5.74) is 1.30. The molecule has 0 N–H and O–H groups in total. The molecule has 4 aromatic rings. The number of benzene rings is 1. The molecule has 0 spiro atoms. The Morgan fingerprint density at radius 1 is 1.27 bits per heavy atom. The predicted molar refractivity (Wildman–Crippen MR) is 117 cm³/mol. The lowest BCUT2D eigenvalue weighted by Gasteiger charge is -2.10. The minimum atomic E-state index is -1.12. The van der Waals surface area contributed by atoms with Crippen molar-refractivity contribution in [2.24, 2.45) is 0 Å². The number of tetrazole rings is 1. The van der Waals surface area contributed by atoms with E-state index in [4.69, 9.17) is 9.15 Å². The number of hydrogen-bond acceptors (Lipinski definition) is 10. The highest BCUT2D eigenvalue weighted by atomic mass is 32.1. The zero-order valence-electron chi connectivity index (χ0n) is 17.3. The highest BCUT2D eigenvalue weighted by Gasteiger charge is 2.27. The van der Waals surface area contributed by atoms with E-state index in [-0.39, 0.29) is 5.70 Å². The second-order valence-corrected chi connectivity index (χ2v) is 7.65. The van der Waals surface area contributed by atoms with Crippen molar-refractivity contribution >= 4 is 34.9 Å². The van der Waals surface area contributed by atoms with Crippen LogP contribution in [-0.4, -0.2) is 43.6 Å². The molecule has 33 heavy (non-hydrogen) atoms. The number of esters is 1. The molecule has 0 bridgehead atoms. The van der Waals surface area contributed by atoms with Gasteiger partial charge in [-0.15, -0.1) is 16.4 Å². The third-order valence-corrected chi connectivity index (χ3v) is 5.47. The average molecular weight is 460 g/mol. The van der Waals surface area contributed by atoms with Crippen molar-refractivity contribution in [3.8, 4) is 17.5 Å². The number of Topliss-reactive ketones (excluding diaryl/α,β-unsaturated/α-hetero) is 1. The Labute approximate surface area is 191 Å². The summed E-state index contributed by atoms with van der Waals surface area (Å²) in [5.74, 6) is -1.92. The number of carbonyl (C=O) groups excluding carboxylic acids is 2. The molecule has 3 aromatic heterocycles. The summed E-state index contributed by atoms with van der Waals surface area (Å²) in [6.07, 6.45) is 2.85. The Kier molecular flexibility index (Phi) is 6.47. The van der Waals surface area contributed by atoms with Gasteiger partial charge in [-0.3, -0.25) is 4.79 Å². The fourth-order valence-electron chi connectivity index (χ4n) is 2.89. The zero-order valence-corrected chi connectivity index (χ0v) is 18.1. The molecule has 11 heteroatoms. The lowest BCUT2D eigenvalue weighted by molar-refractivity contribution is -0.142. The van der Waals surface area contributed by atoms with Crippen molar-refractivity contribution in [2.45, 2.75) is 12.8 Å². The molecule has 0 aliphatic carbocycles. The van der Waals surface area contributed by atoms with Crippen LogP contribution < -0.4 is 0 Å². The zero-order chi connectivity index (χ0) is 23.2. The number of carbonyl (C=O) groups is 2. The van der Waals surface area contributed by atoms with E-state index in [1.807, 2.05) is 24.3 Å². The molecule has 3 heterocycles. The molecule has 10 nitrogen and oxygen atoms in total. The number of furan rings is 1. The largest absolute Gasteiger partial charge is 0.465 e. The Balaban J connectivity index is 1.59. The van der Waals surface area contributed by atoms with E-state index < -0.39 is 24.3 Å². The van der Waals surface area contributed by atoms with Crippen LogP contribution in [0.3, 0.4) is 0 Å². The highest BCUT2D eigenvalue weighted by molar-refractivity contribution is 7.09. The molecule has 0 unspecified atom stereocenters. The maximum atomic E-state index is 13.0. The number of ether oxygens (including phenoxy) is 1. The minimum Gasteiger partial charge on any atom is -0.465 e. The van der Waals surface area contributed by atoms with Gasteiger partial charge in [0.25, 0.3) is 0 Å². The van der Waals surface area contributed by atoms with E-state index in [1.54, 1.807) is 36.6 Å². The first-order valence-electron chi connectivity index (χ1n) is 9.67. The topological polar surface area (TPSA) is 137 Å². The molecule has 1 atom stereocenters. The molecular formula is C22H16N6O4S. The first kappa shape index (κ1) is 21.8. The lowest BCUT2D eigenvalue weighted by Crippen LogP contribution is -2.22.